The van der Waals surface area contributed by atoms with Gasteiger partial charge in [-0.2, -0.15) is 0 Å². The minimum atomic E-state index is -0.483. The van der Waals surface area contributed by atoms with Crippen molar-refractivity contribution in [3.63, 3.8) is 0 Å². The van der Waals surface area contributed by atoms with Crippen molar-refractivity contribution < 1.29 is 9.84 Å². The van der Waals surface area contributed by atoms with Gasteiger partial charge in [-0.1, -0.05) is 30.3 Å². The van der Waals surface area contributed by atoms with E-state index in [1.54, 1.807) is 0 Å². The Hall–Kier alpha value is -2.27. The second kappa shape index (κ2) is 11.0. The summed E-state index contributed by atoms with van der Waals surface area (Å²) in [4.78, 5) is 4.81. The number of hydrogen-bond acceptors (Lipinski definition) is 4. The van der Waals surface area contributed by atoms with Crippen molar-refractivity contribution in [1.82, 2.24) is 4.90 Å². The van der Waals surface area contributed by atoms with Crippen LogP contribution in [0.15, 0.2) is 48.5 Å². The fraction of sp³-hybridized carbons (Fsp3) is 0.448. The molecular weight excluding hydrogens is 444 g/mol. The summed E-state index contributed by atoms with van der Waals surface area (Å²) in [6.45, 7) is 9.28. The van der Waals surface area contributed by atoms with Gasteiger partial charge in [0.25, 0.3) is 0 Å². The summed E-state index contributed by atoms with van der Waals surface area (Å²) < 4.78 is 6.24. The molecule has 2 aliphatic rings. The molecule has 0 bridgehead atoms. The third-order valence-corrected chi connectivity index (χ3v) is 7.47. The molecule has 1 unspecified atom stereocenters. The molecule has 1 N–H and O–H groups in total. The molecular formula is C29H37ClN2O2. The Morgan fingerprint density at radius 1 is 0.882 bits per heavy atom. The first kappa shape index (κ1) is 24.8. The van der Waals surface area contributed by atoms with Crippen LogP contribution in [0.25, 0.3) is 10.8 Å². The highest BCUT2D eigenvalue weighted by Crippen LogP contribution is 2.36. The molecule has 3 aromatic rings. The van der Waals surface area contributed by atoms with Gasteiger partial charge in [0.15, 0.2) is 0 Å². The van der Waals surface area contributed by atoms with Crippen molar-refractivity contribution in [2.24, 2.45) is 0 Å². The van der Waals surface area contributed by atoms with E-state index in [2.05, 4.69) is 72.2 Å². The third-order valence-electron chi connectivity index (χ3n) is 7.47. The Morgan fingerprint density at radius 3 is 2.38 bits per heavy atom. The molecule has 182 valence electrons. The van der Waals surface area contributed by atoms with Crippen molar-refractivity contribution in [3.8, 4) is 5.75 Å². The molecule has 5 heteroatoms. The fourth-order valence-electron chi connectivity index (χ4n) is 5.38. The number of rotatable bonds is 6. The lowest BCUT2D eigenvalue weighted by Gasteiger charge is -2.37. The van der Waals surface area contributed by atoms with Crippen molar-refractivity contribution in [2.75, 3.05) is 44.2 Å². The van der Waals surface area contributed by atoms with Crippen LogP contribution in [0.2, 0.25) is 0 Å². The molecule has 0 radical (unpaired) electrons. The topological polar surface area (TPSA) is 35.9 Å². The molecule has 0 spiro atoms. The summed E-state index contributed by atoms with van der Waals surface area (Å²) in [5.74, 6) is 0.974. The Bertz CT molecular complexity index is 1120. The molecule has 1 atom stereocenters. The predicted molar refractivity (Wildman–Crippen MR) is 144 cm³/mol. The highest BCUT2D eigenvalue weighted by Gasteiger charge is 2.22. The maximum absolute atomic E-state index is 10.7. The Kier molecular flexibility index (Phi) is 8.02. The average Bonchev–Trinajstić information content (AvgIpc) is 2.85. The quantitative estimate of drug-likeness (QED) is 0.518. The summed E-state index contributed by atoms with van der Waals surface area (Å²) in [5, 5.41) is 13.4. The molecule has 3 aromatic carbocycles. The minimum absolute atomic E-state index is 0. The number of hydrogen-bond donors (Lipinski definition) is 1. The van der Waals surface area contributed by atoms with Crippen LogP contribution in [0.1, 0.15) is 35.1 Å². The van der Waals surface area contributed by atoms with Crippen LogP contribution in [-0.2, 0) is 12.8 Å². The van der Waals surface area contributed by atoms with Gasteiger partial charge in [-0.3, -0.25) is 4.90 Å². The summed E-state index contributed by atoms with van der Waals surface area (Å²) >= 11 is 0. The third kappa shape index (κ3) is 5.35. The van der Waals surface area contributed by atoms with E-state index in [0.717, 1.165) is 44.8 Å². The molecule has 4 nitrogen and oxygen atoms in total. The summed E-state index contributed by atoms with van der Waals surface area (Å²) in [7, 11) is 0. The fourth-order valence-corrected chi connectivity index (χ4v) is 5.38. The first-order chi connectivity index (χ1) is 16.1. The molecule has 1 aliphatic carbocycles. The van der Waals surface area contributed by atoms with Crippen molar-refractivity contribution in [3.05, 3.63) is 70.8 Å². The van der Waals surface area contributed by atoms with Crippen LogP contribution in [0, 0.1) is 13.8 Å². The van der Waals surface area contributed by atoms with Crippen LogP contribution in [0.3, 0.4) is 0 Å². The lowest BCUT2D eigenvalue weighted by molar-refractivity contribution is 0.0659. The van der Waals surface area contributed by atoms with Gasteiger partial charge < -0.3 is 14.7 Å². The number of aliphatic hydroxyl groups is 1. The van der Waals surface area contributed by atoms with Crippen LogP contribution < -0.4 is 9.64 Å². The molecule has 1 aliphatic heterocycles. The second-order valence-corrected chi connectivity index (χ2v) is 9.78. The van der Waals surface area contributed by atoms with Crippen LogP contribution in [0.5, 0.6) is 5.75 Å². The van der Waals surface area contributed by atoms with Crippen LogP contribution >= 0.6 is 12.4 Å². The van der Waals surface area contributed by atoms with Gasteiger partial charge in [0.1, 0.15) is 18.5 Å². The summed E-state index contributed by atoms with van der Waals surface area (Å²) in [5.41, 5.74) is 6.80. The number of anilines is 1. The zero-order chi connectivity index (χ0) is 22.8. The number of nitrogens with zero attached hydrogens (tertiary/aromatic N) is 2. The van der Waals surface area contributed by atoms with Gasteiger partial charge in [-0.05, 0) is 90.8 Å². The van der Waals surface area contributed by atoms with Crippen LogP contribution in [-0.4, -0.2) is 55.4 Å². The van der Waals surface area contributed by atoms with Crippen molar-refractivity contribution >= 4 is 28.9 Å². The van der Waals surface area contributed by atoms with Gasteiger partial charge in [-0.25, -0.2) is 0 Å². The zero-order valence-electron chi connectivity index (χ0n) is 20.4. The average molecular weight is 481 g/mol. The highest BCUT2D eigenvalue weighted by atomic mass is 35.5. The zero-order valence-corrected chi connectivity index (χ0v) is 21.2. The van der Waals surface area contributed by atoms with E-state index in [1.165, 1.54) is 51.6 Å². The molecule has 34 heavy (non-hydrogen) atoms. The second-order valence-electron chi connectivity index (χ2n) is 9.78. The van der Waals surface area contributed by atoms with E-state index in [0.29, 0.717) is 13.2 Å². The molecule has 1 heterocycles. The summed E-state index contributed by atoms with van der Waals surface area (Å²) in [6.07, 6.45) is 4.18. The monoisotopic (exact) mass is 480 g/mol. The molecule has 0 amide bonds. The summed E-state index contributed by atoms with van der Waals surface area (Å²) in [6, 6.07) is 17.5. The van der Waals surface area contributed by atoms with Crippen molar-refractivity contribution in [2.45, 2.75) is 45.6 Å². The Morgan fingerprint density at radius 2 is 1.62 bits per heavy atom. The van der Waals surface area contributed by atoms with Gasteiger partial charge in [0, 0.05) is 38.4 Å². The van der Waals surface area contributed by atoms with E-state index in [-0.39, 0.29) is 12.4 Å². The maximum Gasteiger partial charge on any atom is 0.123 e. The smallest absolute Gasteiger partial charge is 0.123 e. The molecule has 1 fully saturated rings. The Labute approximate surface area is 209 Å². The van der Waals surface area contributed by atoms with E-state index in [9.17, 15) is 5.11 Å². The van der Waals surface area contributed by atoms with E-state index in [4.69, 9.17) is 4.74 Å². The maximum atomic E-state index is 10.7. The lowest BCUT2D eigenvalue weighted by atomic mass is 9.87. The van der Waals surface area contributed by atoms with Gasteiger partial charge in [-0.15, -0.1) is 12.4 Å². The highest BCUT2D eigenvalue weighted by molar-refractivity contribution is 5.89. The predicted octanol–water partition coefficient (Wildman–Crippen LogP) is 5.32. The standard InChI is InChI=1S/C29H36N2O2.ClH/c1-21-11-12-24(17-22(21)2)31-15-13-30(14-16-31)19-25(32)20-33-29-18-23-7-3-4-8-26(23)27-9-5-6-10-28(27)29;/h3-4,7-8,11-12,17-18,25,32H,5-6,9-10,13-16,19-20H2,1-2H3;1H. The normalized spacial score (nSPS) is 17.2. The first-order valence-corrected chi connectivity index (χ1v) is 12.5. The number of piperazine rings is 1. The molecule has 1 saturated heterocycles. The van der Waals surface area contributed by atoms with E-state index in [1.807, 2.05) is 0 Å². The number of aryl methyl sites for hydroxylation is 3. The van der Waals surface area contributed by atoms with Crippen molar-refractivity contribution in [1.29, 1.82) is 0 Å². The number of fused-ring (bicyclic) bond motifs is 3. The number of aliphatic hydroxyl groups excluding tert-OH is 1. The number of β-amino-alcohol motifs (C(OH)–C–C–N with tert-alkyl or cyclic N) is 1. The number of benzene rings is 3. The first-order valence-electron chi connectivity index (χ1n) is 12.5. The number of ether oxygens (including phenoxy) is 1. The molecule has 5 rings (SSSR count). The largest absolute Gasteiger partial charge is 0.491 e. The lowest BCUT2D eigenvalue weighted by Crippen LogP contribution is -2.49. The van der Waals surface area contributed by atoms with Gasteiger partial charge >= 0.3 is 0 Å². The SMILES string of the molecule is Cc1ccc(N2CCN(CC(O)COc3cc4ccccc4c4c3CCCC4)CC2)cc1C.Cl. The Balaban J connectivity index is 0.00000274. The molecule has 0 saturated carbocycles. The van der Waals surface area contributed by atoms with Gasteiger partial charge in [0.05, 0.1) is 0 Å². The van der Waals surface area contributed by atoms with E-state index < -0.39 is 6.10 Å². The minimum Gasteiger partial charge on any atom is -0.491 e. The van der Waals surface area contributed by atoms with E-state index >= 15 is 0 Å². The number of halogens is 1. The van der Waals surface area contributed by atoms with Crippen LogP contribution in [0.4, 0.5) is 5.69 Å². The van der Waals surface area contributed by atoms with Gasteiger partial charge in [0.2, 0.25) is 0 Å². The molecule has 0 aromatic heterocycles.